The second-order valence-electron chi connectivity index (χ2n) is 10.3. The van der Waals surface area contributed by atoms with Crippen LogP contribution in [0.1, 0.15) is 36.1 Å². The maximum atomic E-state index is 2.34. The van der Waals surface area contributed by atoms with E-state index in [9.17, 15) is 0 Å². The summed E-state index contributed by atoms with van der Waals surface area (Å²) < 4.78 is 4.34. The Labute approximate surface area is 260 Å². The van der Waals surface area contributed by atoms with Gasteiger partial charge in [-0.2, -0.15) is 0 Å². The van der Waals surface area contributed by atoms with Gasteiger partial charge >= 0.3 is 0 Å². The van der Waals surface area contributed by atoms with E-state index in [4.69, 9.17) is 0 Å². The smallest absolute Gasteiger partial charge is 0.169 e. The second kappa shape index (κ2) is 16.8. The molecule has 4 rings (SSSR count). The highest BCUT2D eigenvalue weighted by molar-refractivity contribution is 8.76. The van der Waals surface area contributed by atoms with Gasteiger partial charge in [0.1, 0.15) is 13.1 Å². The van der Waals surface area contributed by atoms with Crippen molar-refractivity contribution in [3.05, 3.63) is 120 Å². The number of hydrogen-bond acceptors (Lipinski definition) is 4. The van der Waals surface area contributed by atoms with Gasteiger partial charge in [0.15, 0.2) is 24.8 Å². The molecule has 0 spiro atoms. The maximum Gasteiger partial charge on any atom is 0.169 e. The van der Waals surface area contributed by atoms with Crippen molar-refractivity contribution in [2.24, 2.45) is 0 Å². The molecule has 0 fully saturated rings. The van der Waals surface area contributed by atoms with Crippen molar-refractivity contribution in [1.29, 1.82) is 0 Å². The van der Waals surface area contributed by atoms with Crippen molar-refractivity contribution in [2.45, 2.75) is 26.9 Å². The largest absolute Gasteiger partial charge is 0.374 e. The van der Waals surface area contributed by atoms with Crippen LogP contribution in [-0.2, 0) is 13.1 Å². The zero-order valence-electron chi connectivity index (χ0n) is 25.4. The van der Waals surface area contributed by atoms with E-state index in [1.54, 1.807) is 0 Å². The predicted molar refractivity (Wildman–Crippen MR) is 187 cm³/mol. The lowest BCUT2D eigenvalue weighted by atomic mass is 10.1. The number of rotatable bonds is 15. The number of hydrogen-bond donors (Lipinski definition) is 0. The molecule has 42 heavy (non-hydrogen) atoms. The van der Waals surface area contributed by atoms with Crippen LogP contribution in [0.5, 0.6) is 0 Å². The molecule has 0 aliphatic heterocycles. The van der Waals surface area contributed by atoms with Crippen LogP contribution in [0.25, 0.3) is 24.3 Å². The summed E-state index contributed by atoms with van der Waals surface area (Å²) in [6, 6.07) is 26.3. The molecule has 0 radical (unpaired) electrons. The van der Waals surface area contributed by atoms with Gasteiger partial charge < -0.3 is 9.80 Å². The summed E-state index contributed by atoms with van der Waals surface area (Å²) in [4.78, 5) is 4.67. The molecule has 0 aliphatic carbocycles. The van der Waals surface area contributed by atoms with Gasteiger partial charge in [0.05, 0.1) is 0 Å². The average molecular weight is 597 g/mol. The van der Waals surface area contributed by atoms with Crippen molar-refractivity contribution in [3.63, 3.8) is 0 Å². The van der Waals surface area contributed by atoms with Crippen LogP contribution in [0.15, 0.2) is 97.6 Å². The molecule has 4 aromatic rings. The lowest BCUT2D eigenvalue weighted by Gasteiger charge is -2.20. The van der Waals surface area contributed by atoms with Gasteiger partial charge in [0, 0.05) is 74.3 Å². The van der Waals surface area contributed by atoms with E-state index in [0.717, 1.165) is 37.7 Å². The summed E-state index contributed by atoms with van der Waals surface area (Å²) in [5, 5.41) is 0. The summed E-state index contributed by atoms with van der Waals surface area (Å²) in [7, 11) is 8.27. The molecule has 0 aliphatic rings. The monoisotopic (exact) mass is 596 g/mol. The summed E-state index contributed by atoms with van der Waals surface area (Å²) >= 11 is 0. The topological polar surface area (TPSA) is 14.2 Å². The van der Waals surface area contributed by atoms with E-state index in [1.165, 1.54) is 33.6 Å². The number of aromatic nitrogens is 2. The Balaban J connectivity index is 1.12. The van der Waals surface area contributed by atoms with E-state index in [2.05, 4.69) is 169 Å². The highest BCUT2D eigenvalue weighted by Gasteiger charge is 2.04. The standard InChI is InChI=1S/C36H44N4S2/c1-5-39-23-19-33(20-24-39)9-7-31-11-15-35(16-12-31)37(3)27-29-41-42-30-28-38(4)36-17-13-32(14-18-36)8-10-34-21-25-40(6-2)26-22-34/h7-26H,5-6,27-30H2,1-4H3/q+2. The van der Waals surface area contributed by atoms with E-state index in [-0.39, 0.29) is 0 Å². The number of benzene rings is 2. The minimum absolute atomic E-state index is 0.997. The van der Waals surface area contributed by atoms with Crippen LogP contribution in [-0.4, -0.2) is 38.7 Å². The molecule has 0 N–H and O–H groups in total. The predicted octanol–water partition coefficient (Wildman–Crippen LogP) is 7.60. The van der Waals surface area contributed by atoms with Crippen LogP contribution in [0.4, 0.5) is 11.4 Å². The first-order valence-corrected chi connectivity index (χ1v) is 17.2. The lowest BCUT2D eigenvalue weighted by molar-refractivity contribution is -0.693. The number of nitrogens with zero attached hydrogens (tertiary/aromatic N) is 4. The first kappa shape index (κ1) is 31.5. The molecule has 0 atom stereocenters. The van der Waals surface area contributed by atoms with Crippen molar-refractivity contribution >= 4 is 57.3 Å². The van der Waals surface area contributed by atoms with E-state index >= 15 is 0 Å². The molecule has 0 saturated carbocycles. The summed E-state index contributed by atoms with van der Waals surface area (Å²) in [6.07, 6.45) is 17.2. The third-order valence-electron chi connectivity index (χ3n) is 7.27. The fourth-order valence-electron chi connectivity index (χ4n) is 4.37. The van der Waals surface area contributed by atoms with Gasteiger partial charge in [-0.05, 0) is 60.4 Å². The van der Waals surface area contributed by atoms with Gasteiger partial charge in [0.2, 0.25) is 0 Å². The summed E-state index contributed by atoms with van der Waals surface area (Å²) in [5.41, 5.74) is 7.39. The van der Waals surface area contributed by atoms with Gasteiger partial charge in [0.25, 0.3) is 0 Å². The quantitative estimate of drug-likeness (QED) is 0.0797. The molecular formula is C36H44N4S2+2. The zero-order chi connectivity index (χ0) is 29.6. The van der Waals surface area contributed by atoms with Gasteiger partial charge in [-0.1, -0.05) is 70.2 Å². The molecule has 0 bridgehead atoms. The third kappa shape index (κ3) is 10.1. The van der Waals surface area contributed by atoms with Crippen LogP contribution >= 0.6 is 21.6 Å². The summed E-state index contributed by atoms with van der Waals surface area (Å²) in [5.74, 6) is 2.19. The molecule has 6 heteroatoms. The van der Waals surface area contributed by atoms with Gasteiger partial charge in [-0.25, -0.2) is 9.13 Å². The van der Waals surface area contributed by atoms with E-state index < -0.39 is 0 Å². The van der Waals surface area contributed by atoms with Crippen molar-refractivity contribution in [1.82, 2.24) is 0 Å². The lowest BCUT2D eigenvalue weighted by Crippen LogP contribution is -2.30. The zero-order valence-corrected chi connectivity index (χ0v) is 27.0. The van der Waals surface area contributed by atoms with Crippen LogP contribution in [0.2, 0.25) is 0 Å². The van der Waals surface area contributed by atoms with Crippen molar-refractivity contribution in [3.8, 4) is 0 Å². The Bertz CT molecular complexity index is 1290. The molecule has 2 aromatic carbocycles. The van der Waals surface area contributed by atoms with Crippen LogP contribution < -0.4 is 18.9 Å². The number of anilines is 2. The average Bonchev–Trinajstić information content (AvgIpc) is 3.05. The first-order chi connectivity index (χ1) is 20.5. The Morgan fingerprint density at radius 3 is 1.12 bits per heavy atom. The Kier molecular flexibility index (Phi) is 12.6. The molecule has 0 amide bonds. The van der Waals surface area contributed by atoms with Crippen molar-refractivity contribution in [2.75, 3.05) is 48.5 Å². The maximum absolute atomic E-state index is 2.34. The Morgan fingerprint density at radius 1 is 0.500 bits per heavy atom. The molecule has 2 heterocycles. The molecule has 4 nitrogen and oxygen atoms in total. The number of pyridine rings is 2. The fourth-order valence-corrected chi connectivity index (χ4v) is 6.46. The highest BCUT2D eigenvalue weighted by Crippen LogP contribution is 2.24. The first-order valence-electron chi connectivity index (χ1n) is 14.7. The van der Waals surface area contributed by atoms with Crippen LogP contribution in [0, 0.1) is 0 Å². The minimum atomic E-state index is 0.997. The van der Waals surface area contributed by atoms with Crippen molar-refractivity contribution < 1.29 is 9.13 Å². The third-order valence-corrected chi connectivity index (χ3v) is 9.64. The highest BCUT2D eigenvalue weighted by atomic mass is 33.1. The Hall–Kier alpha value is -3.48. The van der Waals surface area contributed by atoms with E-state index in [1.807, 2.05) is 21.6 Å². The minimum Gasteiger partial charge on any atom is -0.374 e. The van der Waals surface area contributed by atoms with Crippen LogP contribution in [0.3, 0.4) is 0 Å². The Morgan fingerprint density at radius 2 is 0.810 bits per heavy atom. The SMILES string of the molecule is CC[n+]1ccc(/C=C/c2ccc(N(C)CCSSCCN(C)c3ccc(/C=C/c4cc[n+](CC)cc4)cc3)cc2)cc1. The molecule has 2 aromatic heterocycles. The fraction of sp³-hybridized carbons (Fsp3) is 0.278. The molecule has 0 unspecified atom stereocenters. The van der Waals surface area contributed by atoms with Gasteiger partial charge in [-0.15, -0.1) is 0 Å². The summed E-state index contributed by atoms with van der Waals surface area (Å²) in [6.45, 7) is 8.35. The number of aryl methyl sites for hydroxylation is 2. The molecule has 0 saturated heterocycles. The molecule has 218 valence electrons. The van der Waals surface area contributed by atoms with Gasteiger partial charge in [-0.3, -0.25) is 0 Å². The second-order valence-corrected chi connectivity index (χ2v) is 13.0. The molecular weight excluding hydrogens is 553 g/mol. The normalized spacial score (nSPS) is 11.4. The van der Waals surface area contributed by atoms with E-state index in [0.29, 0.717) is 0 Å².